The van der Waals surface area contributed by atoms with Gasteiger partial charge < -0.3 is 0 Å². The molecule has 0 aliphatic heterocycles. The van der Waals surface area contributed by atoms with Crippen LogP contribution in [0.25, 0.3) is 0 Å². The highest BCUT2D eigenvalue weighted by Crippen LogP contribution is 2.37. The Labute approximate surface area is 76.7 Å². The minimum absolute atomic E-state index is 1.04. The fourth-order valence-corrected chi connectivity index (χ4v) is 2.84. The van der Waals surface area contributed by atoms with E-state index in [4.69, 9.17) is 0 Å². The van der Waals surface area contributed by atoms with E-state index in [-0.39, 0.29) is 0 Å². The third kappa shape index (κ3) is 2.02. The van der Waals surface area contributed by atoms with Crippen molar-refractivity contribution in [2.45, 2.75) is 58.3 Å². The lowest BCUT2D eigenvalue weighted by Crippen LogP contribution is -2.12. The summed E-state index contributed by atoms with van der Waals surface area (Å²) in [5.74, 6) is 3.29. The molecule has 2 aliphatic rings. The zero-order valence-corrected chi connectivity index (χ0v) is 8.39. The van der Waals surface area contributed by atoms with Gasteiger partial charge in [0.15, 0.2) is 0 Å². The lowest BCUT2D eigenvalue weighted by molar-refractivity contribution is 0.269. The highest BCUT2D eigenvalue weighted by molar-refractivity contribution is 4.76. The maximum absolute atomic E-state index is 2.42. The molecule has 0 radical (unpaired) electrons. The summed E-state index contributed by atoms with van der Waals surface area (Å²) < 4.78 is 0. The Balaban J connectivity index is 1.60. The molecule has 2 atom stereocenters. The van der Waals surface area contributed by atoms with Gasteiger partial charge in [-0.25, -0.2) is 0 Å². The van der Waals surface area contributed by atoms with E-state index >= 15 is 0 Å². The van der Waals surface area contributed by atoms with Crippen molar-refractivity contribution in [3.63, 3.8) is 0 Å². The molecule has 0 amide bonds. The summed E-state index contributed by atoms with van der Waals surface area (Å²) in [5, 5.41) is 0. The molecule has 0 heteroatoms. The standard InChI is InChI=1S/C12H22/c1-10-5-6-12(9-10)8-7-11-3-2-4-11/h10-12H,2-9H2,1H3. The second-order valence-electron chi connectivity index (χ2n) is 5.16. The summed E-state index contributed by atoms with van der Waals surface area (Å²) in [6, 6.07) is 0. The van der Waals surface area contributed by atoms with Crippen molar-refractivity contribution >= 4 is 0 Å². The Bertz CT molecular complexity index is 135. The van der Waals surface area contributed by atoms with Crippen molar-refractivity contribution in [1.29, 1.82) is 0 Å². The molecule has 70 valence electrons. The topological polar surface area (TPSA) is 0 Å². The molecule has 0 N–H and O–H groups in total. The van der Waals surface area contributed by atoms with Gasteiger partial charge in [-0.3, -0.25) is 0 Å². The molecule has 2 unspecified atom stereocenters. The lowest BCUT2D eigenvalue weighted by Gasteiger charge is -2.26. The van der Waals surface area contributed by atoms with Crippen molar-refractivity contribution in [2.75, 3.05) is 0 Å². The summed E-state index contributed by atoms with van der Waals surface area (Å²) in [6.45, 7) is 2.42. The van der Waals surface area contributed by atoms with E-state index in [0.29, 0.717) is 0 Å². The molecular weight excluding hydrogens is 144 g/mol. The van der Waals surface area contributed by atoms with Crippen LogP contribution in [0.3, 0.4) is 0 Å². The number of hydrogen-bond acceptors (Lipinski definition) is 0. The fourth-order valence-electron chi connectivity index (χ4n) is 2.84. The van der Waals surface area contributed by atoms with Crippen LogP contribution >= 0.6 is 0 Å². The van der Waals surface area contributed by atoms with Gasteiger partial charge in [0, 0.05) is 0 Å². The molecule has 0 heterocycles. The SMILES string of the molecule is CC1CCC(CCC2CCC2)C1. The molecule has 0 aromatic rings. The molecule has 12 heavy (non-hydrogen) atoms. The lowest BCUT2D eigenvalue weighted by atomic mass is 9.80. The Morgan fingerprint density at radius 3 is 2.17 bits per heavy atom. The fraction of sp³-hybridized carbons (Fsp3) is 1.00. The van der Waals surface area contributed by atoms with Gasteiger partial charge in [0.05, 0.1) is 0 Å². The van der Waals surface area contributed by atoms with Gasteiger partial charge in [-0.2, -0.15) is 0 Å². The van der Waals surface area contributed by atoms with Crippen LogP contribution in [0.15, 0.2) is 0 Å². The molecule has 0 aromatic heterocycles. The van der Waals surface area contributed by atoms with Crippen LogP contribution in [0, 0.1) is 17.8 Å². The Morgan fingerprint density at radius 1 is 0.917 bits per heavy atom. The average Bonchev–Trinajstić information content (AvgIpc) is 2.32. The number of rotatable bonds is 3. The van der Waals surface area contributed by atoms with Crippen LogP contribution in [-0.4, -0.2) is 0 Å². The van der Waals surface area contributed by atoms with E-state index in [1.807, 2.05) is 0 Å². The first-order chi connectivity index (χ1) is 5.84. The summed E-state index contributed by atoms with van der Waals surface area (Å²) in [4.78, 5) is 0. The number of hydrogen-bond donors (Lipinski definition) is 0. The molecule has 0 spiro atoms. The molecule has 0 aromatic carbocycles. The van der Waals surface area contributed by atoms with Crippen LogP contribution in [-0.2, 0) is 0 Å². The molecule has 2 fully saturated rings. The van der Waals surface area contributed by atoms with Crippen molar-refractivity contribution in [3.05, 3.63) is 0 Å². The molecule has 0 bridgehead atoms. The van der Waals surface area contributed by atoms with Crippen LogP contribution in [0.1, 0.15) is 58.3 Å². The van der Waals surface area contributed by atoms with E-state index in [1.54, 1.807) is 25.7 Å². The maximum Gasteiger partial charge on any atom is -0.0412 e. The van der Waals surface area contributed by atoms with Crippen molar-refractivity contribution < 1.29 is 0 Å². The van der Waals surface area contributed by atoms with Gasteiger partial charge in [-0.1, -0.05) is 51.9 Å². The van der Waals surface area contributed by atoms with Crippen molar-refractivity contribution in [2.24, 2.45) is 17.8 Å². The minimum Gasteiger partial charge on any atom is -0.0625 e. The largest absolute Gasteiger partial charge is 0.0625 e. The summed E-state index contributed by atoms with van der Waals surface area (Å²) in [7, 11) is 0. The second kappa shape index (κ2) is 3.81. The van der Waals surface area contributed by atoms with E-state index in [2.05, 4.69) is 6.92 Å². The molecule has 2 rings (SSSR count). The minimum atomic E-state index is 1.04. The first-order valence-corrected chi connectivity index (χ1v) is 5.84. The molecular formula is C12H22. The van der Waals surface area contributed by atoms with Gasteiger partial charge >= 0.3 is 0 Å². The molecule has 0 nitrogen and oxygen atoms in total. The Morgan fingerprint density at radius 2 is 1.67 bits per heavy atom. The Hall–Kier alpha value is 0. The van der Waals surface area contributed by atoms with Crippen LogP contribution < -0.4 is 0 Å². The smallest absolute Gasteiger partial charge is 0.0412 e. The van der Waals surface area contributed by atoms with Crippen LogP contribution in [0.5, 0.6) is 0 Å². The Kier molecular flexibility index (Phi) is 2.73. The molecule has 2 saturated carbocycles. The average molecular weight is 166 g/mol. The first kappa shape index (κ1) is 8.59. The third-order valence-corrected chi connectivity index (χ3v) is 4.01. The van der Waals surface area contributed by atoms with E-state index < -0.39 is 0 Å². The van der Waals surface area contributed by atoms with Crippen molar-refractivity contribution in [3.8, 4) is 0 Å². The summed E-state index contributed by atoms with van der Waals surface area (Å²) >= 11 is 0. The predicted molar refractivity (Wildman–Crippen MR) is 53.1 cm³/mol. The highest BCUT2D eigenvalue weighted by atomic mass is 14.3. The highest BCUT2D eigenvalue weighted by Gasteiger charge is 2.23. The maximum atomic E-state index is 2.42. The monoisotopic (exact) mass is 166 g/mol. The zero-order valence-electron chi connectivity index (χ0n) is 8.39. The normalized spacial score (nSPS) is 36.8. The quantitative estimate of drug-likeness (QED) is 0.594. The van der Waals surface area contributed by atoms with Crippen molar-refractivity contribution in [1.82, 2.24) is 0 Å². The molecule has 2 aliphatic carbocycles. The van der Waals surface area contributed by atoms with Crippen LogP contribution in [0.4, 0.5) is 0 Å². The van der Waals surface area contributed by atoms with Gasteiger partial charge in [0.25, 0.3) is 0 Å². The van der Waals surface area contributed by atoms with E-state index in [1.165, 1.54) is 25.7 Å². The first-order valence-electron chi connectivity index (χ1n) is 5.84. The molecule has 0 saturated heterocycles. The zero-order chi connectivity index (χ0) is 8.39. The van der Waals surface area contributed by atoms with Gasteiger partial charge in [-0.05, 0) is 24.2 Å². The third-order valence-electron chi connectivity index (χ3n) is 4.01. The predicted octanol–water partition coefficient (Wildman–Crippen LogP) is 4.00. The van der Waals surface area contributed by atoms with E-state index in [9.17, 15) is 0 Å². The second-order valence-corrected chi connectivity index (χ2v) is 5.16. The summed E-state index contributed by atoms with van der Waals surface area (Å²) in [6.07, 6.45) is 12.3. The van der Waals surface area contributed by atoms with Crippen LogP contribution in [0.2, 0.25) is 0 Å². The van der Waals surface area contributed by atoms with E-state index in [0.717, 1.165) is 17.8 Å². The van der Waals surface area contributed by atoms with Gasteiger partial charge in [0.1, 0.15) is 0 Å². The van der Waals surface area contributed by atoms with Gasteiger partial charge in [0.2, 0.25) is 0 Å². The summed E-state index contributed by atoms with van der Waals surface area (Å²) in [5.41, 5.74) is 0. The van der Waals surface area contributed by atoms with Gasteiger partial charge in [-0.15, -0.1) is 0 Å².